The van der Waals surface area contributed by atoms with Crippen LogP contribution in [0.5, 0.6) is 5.75 Å². The smallest absolute Gasteiger partial charge is 0.253 e. The van der Waals surface area contributed by atoms with Crippen molar-refractivity contribution in [3.05, 3.63) is 59.7 Å². The van der Waals surface area contributed by atoms with Crippen LogP contribution in [0.15, 0.2) is 48.5 Å². The van der Waals surface area contributed by atoms with Crippen molar-refractivity contribution in [1.82, 2.24) is 9.80 Å². The quantitative estimate of drug-likeness (QED) is 0.685. The lowest BCUT2D eigenvalue weighted by Gasteiger charge is -2.26. The predicted molar refractivity (Wildman–Crippen MR) is 129 cm³/mol. The number of nitrogens with zero attached hydrogens (tertiary/aromatic N) is 2. The van der Waals surface area contributed by atoms with Gasteiger partial charge in [-0.15, -0.1) is 0 Å². The lowest BCUT2D eigenvalue weighted by Crippen LogP contribution is -2.38. The molecule has 1 N–H and O–H groups in total. The molecule has 7 heteroatoms. The summed E-state index contributed by atoms with van der Waals surface area (Å²) in [6.45, 7) is 5.42. The summed E-state index contributed by atoms with van der Waals surface area (Å²) in [6, 6.07) is 15.7. The summed E-state index contributed by atoms with van der Waals surface area (Å²) in [7, 11) is 0. The Balaban J connectivity index is 1.36. The highest BCUT2D eigenvalue weighted by atomic mass is 32.2. The van der Waals surface area contributed by atoms with Gasteiger partial charge in [-0.2, -0.15) is 11.8 Å². The lowest BCUT2D eigenvalue weighted by atomic mass is 10.0. The van der Waals surface area contributed by atoms with Gasteiger partial charge < -0.3 is 15.0 Å². The van der Waals surface area contributed by atoms with Gasteiger partial charge in [0.25, 0.3) is 5.91 Å². The second kappa shape index (κ2) is 10.9. The van der Waals surface area contributed by atoms with E-state index in [0.29, 0.717) is 24.4 Å². The Morgan fingerprint density at radius 1 is 1.09 bits per heavy atom. The van der Waals surface area contributed by atoms with E-state index < -0.39 is 0 Å². The van der Waals surface area contributed by atoms with Gasteiger partial charge in [0.05, 0.1) is 13.2 Å². The molecule has 170 valence electrons. The molecule has 2 aliphatic rings. The van der Waals surface area contributed by atoms with E-state index in [-0.39, 0.29) is 17.9 Å². The molecule has 0 radical (unpaired) electrons. The zero-order valence-electron chi connectivity index (χ0n) is 18.6. The Morgan fingerprint density at radius 2 is 1.88 bits per heavy atom. The van der Waals surface area contributed by atoms with Gasteiger partial charge in [-0.3, -0.25) is 14.5 Å². The van der Waals surface area contributed by atoms with E-state index in [9.17, 15) is 9.59 Å². The van der Waals surface area contributed by atoms with Crippen LogP contribution in [0, 0.1) is 0 Å². The van der Waals surface area contributed by atoms with Crippen LogP contribution >= 0.6 is 11.8 Å². The second-order valence-corrected chi connectivity index (χ2v) is 9.39. The number of hydrogen-bond acceptors (Lipinski definition) is 5. The highest BCUT2D eigenvalue weighted by Crippen LogP contribution is 2.32. The predicted octanol–water partition coefficient (Wildman–Crippen LogP) is 4.05. The van der Waals surface area contributed by atoms with E-state index in [2.05, 4.69) is 22.3 Å². The van der Waals surface area contributed by atoms with Gasteiger partial charge in [0, 0.05) is 41.9 Å². The number of benzene rings is 2. The summed E-state index contributed by atoms with van der Waals surface area (Å²) >= 11 is 1.88. The van der Waals surface area contributed by atoms with Gasteiger partial charge in [0.2, 0.25) is 5.91 Å². The van der Waals surface area contributed by atoms with Crippen LogP contribution in [0.2, 0.25) is 0 Å². The van der Waals surface area contributed by atoms with Crippen LogP contribution in [-0.4, -0.2) is 65.9 Å². The van der Waals surface area contributed by atoms with E-state index in [4.69, 9.17) is 4.74 Å². The minimum absolute atomic E-state index is 0.0384. The first-order valence-corrected chi connectivity index (χ1v) is 12.5. The Labute approximate surface area is 194 Å². The minimum atomic E-state index is -0.0539. The fraction of sp³-hybridized carbons (Fsp3) is 0.440. The van der Waals surface area contributed by atoms with Crippen molar-refractivity contribution in [1.29, 1.82) is 0 Å². The third-order valence-electron chi connectivity index (χ3n) is 5.98. The molecular formula is C25H31N3O3S. The molecule has 2 aromatic carbocycles. The molecule has 6 nitrogen and oxygen atoms in total. The van der Waals surface area contributed by atoms with Gasteiger partial charge in [-0.05, 0) is 62.2 Å². The van der Waals surface area contributed by atoms with Crippen LogP contribution in [0.1, 0.15) is 41.7 Å². The molecule has 2 fully saturated rings. The van der Waals surface area contributed by atoms with Crippen LogP contribution in [0.25, 0.3) is 0 Å². The van der Waals surface area contributed by atoms with Gasteiger partial charge in [0.1, 0.15) is 5.75 Å². The SMILES string of the molecule is CCOc1ccc(C2CCCN2CC(=O)Nc2cccc(C(=O)N3CCSCC3)c2)cc1. The molecule has 1 unspecified atom stereocenters. The number of rotatable bonds is 7. The molecule has 2 aromatic rings. The maximum atomic E-state index is 12.8. The second-order valence-electron chi connectivity index (χ2n) is 8.16. The maximum absolute atomic E-state index is 12.8. The molecule has 0 saturated carbocycles. The number of thioether (sulfide) groups is 1. The highest BCUT2D eigenvalue weighted by molar-refractivity contribution is 7.99. The fourth-order valence-corrected chi connectivity index (χ4v) is 5.31. The molecular weight excluding hydrogens is 422 g/mol. The number of hydrogen-bond donors (Lipinski definition) is 1. The fourth-order valence-electron chi connectivity index (χ4n) is 4.41. The molecule has 2 aliphatic heterocycles. The first-order valence-electron chi connectivity index (χ1n) is 11.4. The van der Waals surface area contributed by atoms with Gasteiger partial charge >= 0.3 is 0 Å². The number of likely N-dealkylation sites (tertiary alicyclic amines) is 1. The van der Waals surface area contributed by atoms with E-state index >= 15 is 0 Å². The first kappa shape index (κ1) is 22.7. The van der Waals surface area contributed by atoms with Crippen molar-refractivity contribution < 1.29 is 14.3 Å². The van der Waals surface area contributed by atoms with Crippen LogP contribution in [-0.2, 0) is 4.79 Å². The normalized spacial score (nSPS) is 19.0. The van der Waals surface area contributed by atoms with Crippen molar-refractivity contribution >= 4 is 29.3 Å². The van der Waals surface area contributed by atoms with Crippen molar-refractivity contribution in [3.8, 4) is 5.75 Å². The van der Waals surface area contributed by atoms with Crippen molar-refractivity contribution in [3.63, 3.8) is 0 Å². The van der Waals surface area contributed by atoms with E-state index in [1.807, 2.05) is 53.9 Å². The van der Waals surface area contributed by atoms with Crippen molar-refractivity contribution in [2.75, 3.05) is 49.6 Å². The van der Waals surface area contributed by atoms with E-state index in [0.717, 1.165) is 49.7 Å². The molecule has 1 atom stereocenters. The van der Waals surface area contributed by atoms with Crippen LogP contribution in [0.4, 0.5) is 5.69 Å². The number of nitrogens with one attached hydrogen (secondary N) is 1. The van der Waals surface area contributed by atoms with E-state index in [1.54, 1.807) is 6.07 Å². The minimum Gasteiger partial charge on any atom is -0.494 e. The molecule has 4 rings (SSSR count). The summed E-state index contributed by atoms with van der Waals surface area (Å²) in [5.41, 5.74) is 2.51. The van der Waals surface area contributed by atoms with E-state index in [1.165, 1.54) is 5.56 Å². The average Bonchev–Trinajstić information content (AvgIpc) is 3.28. The Morgan fingerprint density at radius 3 is 2.62 bits per heavy atom. The number of ether oxygens (including phenoxy) is 1. The molecule has 2 saturated heterocycles. The van der Waals surface area contributed by atoms with Gasteiger partial charge in [-0.25, -0.2) is 0 Å². The number of amides is 2. The summed E-state index contributed by atoms with van der Waals surface area (Å²) in [6.07, 6.45) is 2.11. The van der Waals surface area contributed by atoms with Crippen molar-refractivity contribution in [2.24, 2.45) is 0 Å². The molecule has 0 spiro atoms. The molecule has 32 heavy (non-hydrogen) atoms. The lowest BCUT2D eigenvalue weighted by molar-refractivity contribution is -0.117. The molecule has 0 aliphatic carbocycles. The third-order valence-corrected chi connectivity index (χ3v) is 6.92. The third kappa shape index (κ3) is 5.64. The standard InChI is InChI=1S/C25H31N3O3S/c1-2-31-22-10-8-19(9-11-22)23-7-4-12-28(23)18-24(29)26-21-6-3-5-20(17-21)25(30)27-13-15-32-16-14-27/h3,5-6,8-11,17,23H,2,4,7,12-16,18H2,1H3,(H,26,29). The molecule has 2 amide bonds. The average molecular weight is 454 g/mol. The summed E-state index contributed by atoms with van der Waals surface area (Å²) in [5.74, 6) is 2.82. The maximum Gasteiger partial charge on any atom is 0.253 e. The highest BCUT2D eigenvalue weighted by Gasteiger charge is 2.27. The summed E-state index contributed by atoms with van der Waals surface area (Å²) in [5, 5.41) is 2.99. The summed E-state index contributed by atoms with van der Waals surface area (Å²) < 4.78 is 5.54. The molecule has 0 bridgehead atoms. The summed E-state index contributed by atoms with van der Waals surface area (Å²) in [4.78, 5) is 29.7. The monoisotopic (exact) mass is 453 g/mol. The Hall–Kier alpha value is -2.51. The van der Waals surface area contributed by atoms with Gasteiger partial charge in [-0.1, -0.05) is 18.2 Å². The first-order chi connectivity index (χ1) is 15.6. The van der Waals surface area contributed by atoms with Crippen LogP contribution in [0.3, 0.4) is 0 Å². The number of carbonyl (C=O) groups is 2. The number of carbonyl (C=O) groups excluding carboxylic acids is 2. The zero-order valence-corrected chi connectivity index (χ0v) is 19.4. The Bertz CT molecular complexity index is 928. The number of anilines is 1. The Kier molecular flexibility index (Phi) is 7.71. The molecule has 0 aromatic heterocycles. The van der Waals surface area contributed by atoms with Gasteiger partial charge in [0.15, 0.2) is 0 Å². The molecule has 2 heterocycles. The zero-order chi connectivity index (χ0) is 22.3. The van der Waals surface area contributed by atoms with Crippen LogP contribution < -0.4 is 10.1 Å². The topological polar surface area (TPSA) is 61.9 Å². The largest absolute Gasteiger partial charge is 0.494 e. The van der Waals surface area contributed by atoms with Crippen molar-refractivity contribution in [2.45, 2.75) is 25.8 Å².